The topological polar surface area (TPSA) is 45.2 Å². The molecule has 0 spiro atoms. The van der Waals surface area contributed by atoms with Crippen molar-refractivity contribution in [1.29, 1.82) is 0 Å². The third kappa shape index (κ3) is 4.04. The van der Waals surface area contributed by atoms with Crippen molar-refractivity contribution in [2.24, 2.45) is 0 Å². The summed E-state index contributed by atoms with van der Waals surface area (Å²) in [7, 11) is 0. The van der Waals surface area contributed by atoms with Crippen molar-refractivity contribution in [2.75, 3.05) is 16.8 Å². The Morgan fingerprint density at radius 2 is 1.68 bits per heavy atom. The van der Waals surface area contributed by atoms with Crippen LogP contribution in [0.2, 0.25) is 0 Å². The van der Waals surface area contributed by atoms with E-state index in [1.165, 1.54) is 0 Å². The molecule has 0 saturated carbocycles. The molecular formula is C21H21N3O. The molecule has 4 nitrogen and oxygen atoms in total. The Labute approximate surface area is 148 Å². The number of anilines is 3. The summed E-state index contributed by atoms with van der Waals surface area (Å²) in [5.41, 5.74) is 3.85. The first-order chi connectivity index (χ1) is 12.2. The lowest BCUT2D eigenvalue weighted by Gasteiger charge is -2.23. The molecule has 2 aromatic carbocycles. The van der Waals surface area contributed by atoms with Gasteiger partial charge in [0.25, 0.3) is 5.91 Å². The first-order valence-electron chi connectivity index (χ1n) is 8.34. The standard InChI is InChI=1S/C21H21N3O/c1-3-24(18-7-5-4-6-8-18)19-13-14-20(22-15-19)23-21(25)17-11-9-16(2)10-12-17/h4-15H,3H2,1-2H3,(H,22,23,25). The van der Waals surface area contributed by atoms with Gasteiger partial charge in [0.05, 0.1) is 11.9 Å². The number of aromatic nitrogens is 1. The van der Waals surface area contributed by atoms with Gasteiger partial charge in [0, 0.05) is 17.8 Å². The number of amides is 1. The Bertz CT molecular complexity index is 827. The smallest absolute Gasteiger partial charge is 0.256 e. The minimum Gasteiger partial charge on any atom is -0.341 e. The van der Waals surface area contributed by atoms with Gasteiger partial charge in [-0.3, -0.25) is 4.79 Å². The van der Waals surface area contributed by atoms with E-state index in [9.17, 15) is 4.79 Å². The lowest BCUT2D eigenvalue weighted by Crippen LogP contribution is -2.17. The largest absolute Gasteiger partial charge is 0.341 e. The summed E-state index contributed by atoms with van der Waals surface area (Å²) in [4.78, 5) is 18.8. The fourth-order valence-corrected chi connectivity index (χ4v) is 2.64. The van der Waals surface area contributed by atoms with Crippen LogP contribution in [0.25, 0.3) is 0 Å². The van der Waals surface area contributed by atoms with Crippen LogP contribution in [-0.4, -0.2) is 17.4 Å². The van der Waals surface area contributed by atoms with Crippen LogP contribution < -0.4 is 10.2 Å². The van der Waals surface area contributed by atoms with Crippen LogP contribution in [0.3, 0.4) is 0 Å². The predicted octanol–water partition coefficient (Wildman–Crippen LogP) is 4.80. The van der Waals surface area contributed by atoms with E-state index in [0.29, 0.717) is 11.4 Å². The van der Waals surface area contributed by atoms with Crippen molar-refractivity contribution in [2.45, 2.75) is 13.8 Å². The van der Waals surface area contributed by atoms with Crippen molar-refractivity contribution < 1.29 is 4.79 Å². The Morgan fingerprint density at radius 1 is 0.960 bits per heavy atom. The van der Waals surface area contributed by atoms with Gasteiger partial charge in [-0.05, 0) is 50.2 Å². The second-order valence-corrected chi connectivity index (χ2v) is 5.80. The molecule has 1 amide bonds. The van der Waals surface area contributed by atoms with Crippen molar-refractivity contribution in [3.63, 3.8) is 0 Å². The molecule has 1 aromatic heterocycles. The van der Waals surface area contributed by atoms with Crippen molar-refractivity contribution in [3.05, 3.63) is 84.1 Å². The minimum atomic E-state index is -0.157. The van der Waals surface area contributed by atoms with Crippen LogP contribution in [0.4, 0.5) is 17.2 Å². The van der Waals surface area contributed by atoms with E-state index in [1.54, 1.807) is 6.20 Å². The first kappa shape index (κ1) is 16.7. The highest BCUT2D eigenvalue weighted by molar-refractivity contribution is 6.03. The molecule has 0 fully saturated rings. The maximum atomic E-state index is 12.3. The number of benzene rings is 2. The lowest BCUT2D eigenvalue weighted by molar-refractivity contribution is 0.102. The number of nitrogens with one attached hydrogen (secondary N) is 1. The Kier molecular flexibility index (Phi) is 5.09. The summed E-state index contributed by atoms with van der Waals surface area (Å²) < 4.78 is 0. The molecule has 0 unspecified atom stereocenters. The normalized spacial score (nSPS) is 10.3. The van der Waals surface area contributed by atoms with E-state index in [1.807, 2.05) is 61.5 Å². The molecule has 1 heterocycles. The molecule has 0 aliphatic carbocycles. The van der Waals surface area contributed by atoms with Crippen LogP contribution in [0.5, 0.6) is 0 Å². The molecule has 1 N–H and O–H groups in total. The molecule has 0 bridgehead atoms. The third-order valence-corrected chi connectivity index (χ3v) is 4.00. The molecule has 0 saturated heterocycles. The zero-order valence-corrected chi connectivity index (χ0v) is 14.4. The Morgan fingerprint density at radius 3 is 2.28 bits per heavy atom. The highest BCUT2D eigenvalue weighted by Crippen LogP contribution is 2.24. The summed E-state index contributed by atoms with van der Waals surface area (Å²) in [5.74, 6) is 0.383. The predicted molar refractivity (Wildman–Crippen MR) is 102 cm³/mol. The molecular weight excluding hydrogens is 310 g/mol. The summed E-state index contributed by atoms with van der Waals surface area (Å²) in [6.45, 7) is 4.93. The zero-order valence-electron chi connectivity index (χ0n) is 14.4. The number of hydrogen-bond acceptors (Lipinski definition) is 3. The number of nitrogens with zero attached hydrogens (tertiary/aromatic N) is 2. The molecule has 0 aliphatic rings. The summed E-state index contributed by atoms with van der Waals surface area (Å²) >= 11 is 0. The fourth-order valence-electron chi connectivity index (χ4n) is 2.64. The number of rotatable bonds is 5. The van der Waals surface area contributed by atoms with Gasteiger partial charge in [0.1, 0.15) is 5.82 Å². The van der Waals surface area contributed by atoms with E-state index >= 15 is 0 Å². The second kappa shape index (κ2) is 7.62. The van der Waals surface area contributed by atoms with Gasteiger partial charge in [-0.25, -0.2) is 4.98 Å². The first-order valence-corrected chi connectivity index (χ1v) is 8.34. The van der Waals surface area contributed by atoms with E-state index in [2.05, 4.69) is 34.3 Å². The fraction of sp³-hybridized carbons (Fsp3) is 0.143. The molecule has 4 heteroatoms. The SMILES string of the molecule is CCN(c1ccccc1)c1ccc(NC(=O)c2ccc(C)cc2)nc1. The average Bonchev–Trinajstić information content (AvgIpc) is 2.65. The van der Waals surface area contributed by atoms with Crippen LogP contribution in [0, 0.1) is 6.92 Å². The van der Waals surface area contributed by atoms with Gasteiger partial charge in [0.2, 0.25) is 0 Å². The molecule has 25 heavy (non-hydrogen) atoms. The quantitative estimate of drug-likeness (QED) is 0.730. The van der Waals surface area contributed by atoms with E-state index in [-0.39, 0.29) is 5.91 Å². The number of hydrogen-bond donors (Lipinski definition) is 1. The summed E-state index contributed by atoms with van der Waals surface area (Å²) in [6.07, 6.45) is 1.78. The highest BCUT2D eigenvalue weighted by Gasteiger charge is 2.09. The molecule has 0 radical (unpaired) electrons. The Hall–Kier alpha value is -3.14. The molecule has 0 aliphatic heterocycles. The molecule has 3 aromatic rings. The number of para-hydroxylation sites is 1. The monoisotopic (exact) mass is 331 g/mol. The number of aryl methyl sites for hydroxylation is 1. The number of carbonyl (C=O) groups excluding carboxylic acids is 1. The molecule has 0 atom stereocenters. The van der Waals surface area contributed by atoms with Crippen LogP contribution in [0.15, 0.2) is 72.9 Å². The molecule has 126 valence electrons. The van der Waals surface area contributed by atoms with Gasteiger partial charge in [0.15, 0.2) is 0 Å². The van der Waals surface area contributed by atoms with E-state index < -0.39 is 0 Å². The second-order valence-electron chi connectivity index (χ2n) is 5.80. The lowest BCUT2D eigenvalue weighted by atomic mass is 10.1. The zero-order chi connectivity index (χ0) is 17.6. The van der Waals surface area contributed by atoms with Crippen molar-refractivity contribution >= 4 is 23.1 Å². The third-order valence-electron chi connectivity index (χ3n) is 4.00. The number of carbonyl (C=O) groups is 1. The van der Waals surface area contributed by atoms with Gasteiger partial charge in [-0.15, -0.1) is 0 Å². The number of pyridine rings is 1. The average molecular weight is 331 g/mol. The highest BCUT2D eigenvalue weighted by atomic mass is 16.1. The maximum Gasteiger partial charge on any atom is 0.256 e. The van der Waals surface area contributed by atoms with Gasteiger partial charge < -0.3 is 10.2 Å². The van der Waals surface area contributed by atoms with Gasteiger partial charge in [-0.2, -0.15) is 0 Å². The van der Waals surface area contributed by atoms with E-state index in [4.69, 9.17) is 0 Å². The van der Waals surface area contributed by atoms with Crippen LogP contribution in [0.1, 0.15) is 22.8 Å². The minimum absolute atomic E-state index is 0.157. The van der Waals surface area contributed by atoms with Crippen LogP contribution in [-0.2, 0) is 0 Å². The van der Waals surface area contributed by atoms with Gasteiger partial charge >= 0.3 is 0 Å². The van der Waals surface area contributed by atoms with E-state index in [0.717, 1.165) is 23.5 Å². The maximum absolute atomic E-state index is 12.3. The summed E-state index contributed by atoms with van der Waals surface area (Å²) in [6, 6.07) is 21.4. The van der Waals surface area contributed by atoms with Crippen molar-refractivity contribution in [3.8, 4) is 0 Å². The van der Waals surface area contributed by atoms with Gasteiger partial charge in [-0.1, -0.05) is 35.9 Å². The summed E-state index contributed by atoms with van der Waals surface area (Å²) in [5, 5.41) is 2.83. The van der Waals surface area contributed by atoms with Crippen molar-refractivity contribution in [1.82, 2.24) is 4.98 Å². The Balaban J connectivity index is 1.73. The van der Waals surface area contributed by atoms with Crippen LogP contribution >= 0.6 is 0 Å². The molecule has 3 rings (SSSR count).